The molecule has 0 aromatic heterocycles. The first kappa shape index (κ1) is 32.2. The molecule has 0 fully saturated rings. The van der Waals surface area contributed by atoms with Gasteiger partial charge in [0.15, 0.2) is 0 Å². The normalized spacial score (nSPS) is 11.5. The SMILES string of the molecule is CCCCCCCCCCCCCCCCCCCC=CCCCCCCCCC(=O)OC. The summed E-state index contributed by atoms with van der Waals surface area (Å²) in [5, 5.41) is 0. The van der Waals surface area contributed by atoms with E-state index in [1.165, 1.54) is 155 Å². The molecular weight excluding hydrogens is 404 g/mol. The Bertz CT molecular complexity index is 402. The summed E-state index contributed by atoms with van der Waals surface area (Å²) in [6.45, 7) is 2.30. The summed E-state index contributed by atoms with van der Waals surface area (Å²) < 4.78 is 4.66. The highest BCUT2D eigenvalue weighted by Gasteiger charge is 1.99. The van der Waals surface area contributed by atoms with Gasteiger partial charge in [-0.1, -0.05) is 147 Å². The standard InChI is InChI=1S/C31H60O2/c1-3-4-5-6-7-8-9-10-11-12-13-14-15-16-17-18-19-20-21-22-23-24-25-26-27-28-29-30-31(32)33-2/h21-22H,3-20,23-30H2,1-2H3. The number of methoxy groups -OCH3 is 1. The van der Waals surface area contributed by atoms with Gasteiger partial charge in [-0.2, -0.15) is 0 Å². The average Bonchev–Trinajstić information content (AvgIpc) is 2.83. The predicted octanol–water partition coefficient (Wildman–Crippen LogP) is 10.9. The molecule has 0 saturated heterocycles. The third kappa shape index (κ3) is 29.2. The van der Waals surface area contributed by atoms with E-state index in [1.807, 2.05) is 0 Å². The van der Waals surface area contributed by atoms with Crippen molar-refractivity contribution in [3.05, 3.63) is 12.2 Å². The largest absolute Gasteiger partial charge is 0.469 e. The summed E-state index contributed by atoms with van der Waals surface area (Å²) in [5.41, 5.74) is 0. The zero-order valence-electron chi connectivity index (χ0n) is 22.9. The summed E-state index contributed by atoms with van der Waals surface area (Å²) in [6, 6.07) is 0. The minimum atomic E-state index is -0.0697. The fraction of sp³-hybridized carbons (Fsp3) is 0.903. The number of hydrogen-bond donors (Lipinski definition) is 0. The van der Waals surface area contributed by atoms with E-state index in [1.54, 1.807) is 0 Å². The average molecular weight is 465 g/mol. The number of carbonyl (C=O) groups excluding carboxylic acids is 1. The smallest absolute Gasteiger partial charge is 0.305 e. The Labute approximate surface area is 208 Å². The van der Waals surface area contributed by atoms with Crippen LogP contribution in [0.15, 0.2) is 12.2 Å². The fourth-order valence-corrected chi connectivity index (χ4v) is 4.56. The zero-order valence-corrected chi connectivity index (χ0v) is 22.9. The molecule has 0 atom stereocenters. The van der Waals surface area contributed by atoms with Crippen molar-refractivity contribution < 1.29 is 9.53 Å². The highest BCUT2D eigenvalue weighted by atomic mass is 16.5. The molecule has 0 aliphatic rings. The molecule has 0 aromatic rings. The van der Waals surface area contributed by atoms with E-state index in [0.717, 1.165) is 12.8 Å². The summed E-state index contributed by atoms with van der Waals surface area (Å²) >= 11 is 0. The Kier molecular flexibility index (Phi) is 28.5. The molecule has 0 aliphatic heterocycles. The van der Waals surface area contributed by atoms with Crippen molar-refractivity contribution >= 4 is 5.97 Å². The maximum atomic E-state index is 11.0. The van der Waals surface area contributed by atoms with Crippen LogP contribution in [-0.2, 0) is 9.53 Å². The number of rotatable bonds is 27. The van der Waals surface area contributed by atoms with Crippen molar-refractivity contribution in [1.29, 1.82) is 0 Å². The zero-order chi connectivity index (χ0) is 24.1. The van der Waals surface area contributed by atoms with Gasteiger partial charge < -0.3 is 4.74 Å². The number of allylic oxidation sites excluding steroid dienone is 2. The topological polar surface area (TPSA) is 26.3 Å². The molecule has 0 bridgehead atoms. The molecule has 2 heteroatoms. The van der Waals surface area contributed by atoms with Gasteiger partial charge in [0.2, 0.25) is 0 Å². The van der Waals surface area contributed by atoms with E-state index in [4.69, 9.17) is 0 Å². The third-order valence-electron chi connectivity index (χ3n) is 6.87. The number of ether oxygens (including phenoxy) is 1. The van der Waals surface area contributed by atoms with Crippen LogP contribution in [-0.4, -0.2) is 13.1 Å². The lowest BCUT2D eigenvalue weighted by Crippen LogP contribution is -1.99. The second kappa shape index (κ2) is 29.2. The van der Waals surface area contributed by atoms with E-state index in [-0.39, 0.29) is 5.97 Å². The van der Waals surface area contributed by atoms with E-state index >= 15 is 0 Å². The van der Waals surface area contributed by atoms with Crippen LogP contribution in [0.25, 0.3) is 0 Å². The number of unbranched alkanes of at least 4 members (excludes halogenated alkanes) is 23. The molecule has 0 rings (SSSR count). The predicted molar refractivity (Wildman–Crippen MR) is 147 cm³/mol. The van der Waals surface area contributed by atoms with Crippen molar-refractivity contribution in [3.63, 3.8) is 0 Å². The van der Waals surface area contributed by atoms with Crippen molar-refractivity contribution in [3.8, 4) is 0 Å². The van der Waals surface area contributed by atoms with Crippen LogP contribution in [0.5, 0.6) is 0 Å². The van der Waals surface area contributed by atoms with Crippen LogP contribution in [0, 0.1) is 0 Å². The summed E-state index contributed by atoms with van der Waals surface area (Å²) in [7, 11) is 1.47. The lowest BCUT2D eigenvalue weighted by molar-refractivity contribution is -0.140. The lowest BCUT2D eigenvalue weighted by atomic mass is 10.0. The molecule has 0 saturated carbocycles. The Morgan fingerprint density at radius 2 is 0.788 bits per heavy atom. The fourth-order valence-electron chi connectivity index (χ4n) is 4.56. The molecule has 196 valence electrons. The van der Waals surface area contributed by atoms with Crippen LogP contribution < -0.4 is 0 Å². The second-order valence-electron chi connectivity index (χ2n) is 10.2. The van der Waals surface area contributed by atoms with Gasteiger partial charge in [-0.25, -0.2) is 0 Å². The van der Waals surface area contributed by atoms with Crippen LogP contribution in [0.1, 0.15) is 174 Å². The Hall–Kier alpha value is -0.790. The maximum absolute atomic E-state index is 11.0. The first-order valence-electron chi connectivity index (χ1n) is 15.0. The number of esters is 1. The van der Waals surface area contributed by atoms with E-state index in [9.17, 15) is 4.79 Å². The highest BCUT2D eigenvalue weighted by molar-refractivity contribution is 5.68. The van der Waals surface area contributed by atoms with Gasteiger partial charge in [-0.3, -0.25) is 4.79 Å². The van der Waals surface area contributed by atoms with Gasteiger partial charge in [-0.05, 0) is 32.1 Å². The monoisotopic (exact) mass is 464 g/mol. The van der Waals surface area contributed by atoms with Crippen LogP contribution in [0.3, 0.4) is 0 Å². The minimum Gasteiger partial charge on any atom is -0.469 e. The second-order valence-corrected chi connectivity index (χ2v) is 10.2. The maximum Gasteiger partial charge on any atom is 0.305 e. The summed E-state index contributed by atoms with van der Waals surface area (Å²) in [6.07, 6.45) is 39.8. The van der Waals surface area contributed by atoms with Crippen molar-refractivity contribution in [2.24, 2.45) is 0 Å². The highest BCUT2D eigenvalue weighted by Crippen LogP contribution is 2.14. The van der Waals surface area contributed by atoms with Gasteiger partial charge in [-0.15, -0.1) is 0 Å². The van der Waals surface area contributed by atoms with E-state index in [2.05, 4.69) is 23.8 Å². The van der Waals surface area contributed by atoms with Crippen molar-refractivity contribution in [1.82, 2.24) is 0 Å². The molecule has 0 N–H and O–H groups in total. The summed E-state index contributed by atoms with van der Waals surface area (Å²) in [5.74, 6) is -0.0697. The first-order chi connectivity index (χ1) is 16.3. The molecular formula is C31H60O2. The van der Waals surface area contributed by atoms with Crippen molar-refractivity contribution in [2.75, 3.05) is 7.11 Å². The first-order valence-corrected chi connectivity index (χ1v) is 15.0. The van der Waals surface area contributed by atoms with Crippen molar-refractivity contribution in [2.45, 2.75) is 174 Å². The van der Waals surface area contributed by atoms with Gasteiger partial charge >= 0.3 is 5.97 Å². The summed E-state index contributed by atoms with van der Waals surface area (Å²) in [4.78, 5) is 11.0. The molecule has 0 heterocycles. The quantitative estimate of drug-likeness (QED) is 0.0686. The molecule has 0 aliphatic carbocycles. The van der Waals surface area contributed by atoms with Crippen LogP contribution >= 0.6 is 0 Å². The molecule has 2 nitrogen and oxygen atoms in total. The van der Waals surface area contributed by atoms with Crippen LogP contribution in [0.4, 0.5) is 0 Å². The van der Waals surface area contributed by atoms with Crippen LogP contribution in [0.2, 0.25) is 0 Å². The lowest BCUT2D eigenvalue weighted by Gasteiger charge is -2.03. The molecule has 0 unspecified atom stereocenters. The molecule has 0 radical (unpaired) electrons. The van der Waals surface area contributed by atoms with Gasteiger partial charge in [0, 0.05) is 6.42 Å². The number of hydrogen-bond acceptors (Lipinski definition) is 2. The van der Waals surface area contributed by atoms with E-state index in [0.29, 0.717) is 6.42 Å². The third-order valence-corrected chi connectivity index (χ3v) is 6.87. The van der Waals surface area contributed by atoms with Gasteiger partial charge in [0.1, 0.15) is 0 Å². The molecule has 0 aromatic carbocycles. The molecule has 33 heavy (non-hydrogen) atoms. The van der Waals surface area contributed by atoms with Gasteiger partial charge in [0.25, 0.3) is 0 Å². The minimum absolute atomic E-state index is 0.0697. The molecule has 0 amide bonds. The van der Waals surface area contributed by atoms with E-state index < -0.39 is 0 Å². The molecule has 0 spiro atoms. The Morgan fingerprint density at radius 3 is 1.12 bits per heavy atom. The number of carbonyl (C=O) groups is 1. The Balaban J connectivity index is 3.09. The Morgan fingerprint density at radius 1 is 0.485 bits per heavy atom. The van der Waals surface area contributed by atoms with Gasteiger partial charge in [0.05, 0.1) is 7.11 Å².